The van der Waals surface area contributed by atoms with Crippen LogP contribution in [0.2, 0.25) is 0 Å². The van der Waals surface area contributed by atoms with Gasteiger partial charge in [-0.3, -0.25) is 13.8 Å². The molecule has 0 spiro atoms. The Bertz CT molecular complexity index is 1640. The van der Waals surface area contributed by atoms with E-state index in [9.17, 15) is 23.1 Å². The van der Waals surface area contributed by atoms with Crippen molar-refractivity contribution in [2.24, 2.45) is 4.99 Å². The Labute approximate surface area is 290 Å². The lowest BCUT2D eigenvalue weighted by molar-refractivity contribution is -0.117. The van der Waals surface area contributed by atoms with Crippen LogP contribution in [0.15, 0.2) is 70.8 Å². The SMILES string of the molecule is C.CCCCCCCCCCCCOCCCN1C(C(C(=O)Nc2ccccc2OC)n2cc(C(=O)O)cn2)=Nc2ccccc2S1(=O)=O. The second kappa shape index (κ2) is 19.7. The maximum absolute atomic E-state index is 14.0. The molecule has 2 aromatic carbocycles. The lowest BCUT2D eigenvalue weighted by Crippen LogP contribution is -2.47. The molecule has 4 rings (SSSR count). The smallest absolute Gasteiger partial charge is 0.338 e. The van der Waals surface area contributed by atoms with Gasteiger partial charge in [0.2, 0.25) is 0 Å². The lowest BCUT2D eigenvalue weighted by atomic mass is 10.1. The van der Waals surface area contributed by atoms with E-state index < -0.39 is 27.9 Å². The van der Waals surface area contributed by atoms with Gasteiger partial charge in [0.1, 0.15) is 10.6 Å². The van der Waals surface area contributed by atoms with E-state index in [1.54, 1.807) is 42.5 Å². The highest BCUT2D eigenvalue weighted by molar-refractivity contribution is 7.90. The minimum atomic E-state index is -4.15. The van der Waals surface area contributed by atoms with E-state index in [2.05, 4.69) is 22.3 Å². The minimum Gasteiger partial charge on any atom is -0.495 e. The number of hydrogen-bond acceptors (Lipinski definition) is 8. The number of carbonyl (C=O) groups excluding carboxylic acids is 1. The summed E-state index contributed by atoms with van der Waals surface area (Å²) >= 11 is 0. The molecule has 268 valence electrons. The first kappa shape index (κ1) is 39.2. The molecule has 0 fully saturated rings. The molecule has 0 saturated heterocycles. The monoisotopic (exact) mass is 697 g/mol. The third kappa shape index (κ3) is 10.6. The number of nitrogens with one attached hydrogen (secondary N) is 1. The zero-order valence-corrected chi connectivity index (χ0v) is 28.7. The number of sulfonamides is 1. The normalized spacial score (nSPS) is 13.9. The molecule has 0 aliphatic carbocycles. The molecule has 1 amide bonds. The number of aromatic nitrogens is 2. The van der Waals surface area contributed by atoms with E-state index in [0.29, 0.717) is 31.1 Å². The number of benzene rings is 2. The van der Waals surface area contributed by atoms with Gasteiger partial charge in [0.15, 0.2) is 11.9 Å². The fourth-order valence-corrected chi connectivity index (χ4v) is 7.24. The first-order chi connectivity index (χ1) is 23.3. The van der Waals surface area contributed by atoms with Crippen LogP contribution in [0.1, 0.15) is 101 Å². The van der Waals surface area contributed by atoms with Gasteiger partial charge < -0.3 is 19.9 Å². The zero-order chi connectivity index (χ0) is 34.4. The van der Waals surface area contributed by atoms with Crippen LogP contribution in [0.25, 0.3) is 0 Å². The lowest BCUT2D eigenvalue weighted by Gasteiger charge is -2.33. The predicted molar refractivity (Wildman–Crippen MR) is 191 cm³/mol. The summed E-state index contributed by atoms with van der Waals surface area (Å²) in [6.07, 6.45) is 14.9. The Hall–Kier alpha value is -4.23. The summed E-state index contributed by atoms with van der Waals surface area (Å²) in [5.74, 6) is -1.66. The third-order valence-electron chi connectivity index (χ3n) is 8.19. The summed E-state index contributed by atoms with van der Waals surface area (Å²) in [4.78, 5) is 30.4. The number of nitrogens with zero attached hydrogens (tertiary/aromatic N) is 4. The van der Waals surface area contributed by atoms with Crippen LogP contribution in [0, 0.1) is 0 Å². The Kier molecular flexibility index (Phi) is 15.8. The zero-order valence-electron chi connectivity index (χ0n) is 27.8. The number of amides is 1. The summed E-state index contributed by atoms with van der Waals surface area (Å²) in [5.41, 5.74) is 0.338. The molecule has 1 aliphatic heterocycles. The van der Waals surface area contributed by atoms with Crippen molar-refractivity contribution in [1.82, 2.24) is 14.1 Å². The average Bonchev–Trinajstić information content (AvgIpc) is 3.56. The second-order valence-electron chi connectivity index (χ2n) is 11.8. The van der Waals surface area contributed by atoms with Crippen molar-refractivity contribution in [2.75, 3.05) is 32.2 Å². The number of anilines is 1. The van der Waals surface area contributed by atoms with Crippen molar-refractivity contribution in [3.8, 4) is 5.75 Å². The van der Waals surface area contributed by atoms with Gasteiger partial charge in [0.05, 0.1) is 30.2 Å². The molecule has 12 nitrogen and oxygen atoms in total. The molecule has 1 unspecified atom stereocenters. The van der Waals surface area contributed by atoms with Crippen LogP contribution >= 0.6 is 0 Å². The Balaban J connectivity index is 0.00000650. The summed E-state index contributed by atoms with van der Waals surface area (Å²) in [6.45, 7) is 3.12. The van der Waals surface area contributed by atoms with E-state index in [1.165, 1.54) is 70.7 Å². The van der Waals surface area contributed by atoms with Crippen molar-refractivity contribution in [2.45, 2.75) is 95.9 Å². The molecule has 0 bridgehead atoms. The number of unbranched alkanes of at least 4 members (excludes halogenated alkanes) is 9. The van der Waals surface area contributed by atoms with E-state index in [1.807, 2.05) is 0 Å². The van der Waals surface area contributed by atoms with Crippen LogP contribution in [-0.4, -0.2) is 72.2 Å². The van der Waals surface area contributed by atoms with Gasteiger partial charge in [0, 0.05) is 26.0 Å². The van der Waals surface area contributed by atoms with Crippen LogP contribution < -0.4 is 10.1 Å². The highest BCUT2D eigenvalue weighted by Crippen LogP contribution is 2.35. The highest BCUT2D eigenvalue weighted by Gasteiger charge is 2.41. The Morgan fingerprint density at radius 1 is 0.898 bits per heavy atom. The summed E-state index contributed by atoms with van der Waals surface area (Å²) in [7, 11) is -2.68. The van der Waals surface area contributed by atoms with Gasteiger partial charge in [-0.25, -0.2) is 18.2 Å². The van der Waals surface area contributed by atoms with Crippen molar-refractivity contribution in [1.29, 1.82) is 0 Å². The summed E-state index contributed by atoms with van der Waals surface area (Å²) in [6, 6.07) is 11.6. The van der Waals surface area contributed by atoms with E-state index >= 15 is 0 Å². The van der Waals surface area contributed by atoms with E-state index in [0.717, 1.165) is 28.0 Å². The number of ether oxygens (including phenoxy) is 2. The van der Waals surface area contributed by atoms with Crippen LogP contribution in [-0.2, 0) is 19.6 Å². The average molecular weight is 698 g/mol. The largest absolute Gasteiger partial charge is 0.495 e. The van der Waals surface area contributed by atoms with Crippen molar-refractivity contribution < 1.29 is 32.6 Å². The topological polar surface area (TPSA) is 152 Å². The first-order valence-electron chi connectivity index (χ1n) is 16.8. The van der Waals surface area contributed by atoms with Crippen molar-refractivity contribution in [3.63, 3.8) is 0 Å². The number of fused-ring (bicyclic) bond motifs is 1. The van der Waals surface area contributed by atoms with Gasteiger partial charge in [-0.2, -0.15) is 5.10 Å². The number of hydrogen-bond donors (Lipinski definition) is 2. The number of aromatic carboxylic acids is 1. The number of methoxy groups -OCH3 is 1. The predicted octanol–water partition coefficient (Wildman–Crippen LogP) is 7.47. The van der Waals surface area contributed by atoms with Gasteiger partial charge in [0.25, 0.3) is 15.9 Å². The fraction of sp³-hybridized carbons (Fsp3) is 0.500. The quantitative estimate of drug-likeness (QED) is 0.109. The molecule has 49 heavy (non-hydrogen) atoms. The number of rotatable bonds is 21. The molecule has 1 atom stereocenters. The maximum atomic E-state index is 14.0. The van der Waals surface area contributed by atoms with Gasteiger partial charge in [-0.15, -0.1) is 0 Å². The molecule has 0 radical (unpaired) electrons. The molecule has 13 heteroatoms. The number of aliphatic imine (C=N–C) groups is 1. The standard InChI is InChI=1S/C35H47N5O7S.CH4/c1-3-4-5-6-7-8-9-10-11-16-23-47-24-17-22-40-33(37-29-19-13-15-21-31(29)48(40,44)45)32(39-26-27(25-36-39)35(42)43)34(41)38-28-18-12-14-20-30(28)46-2;/h12-15,18-21,25-26,32H,3-11,16-17,22-24H2,1-2H3,(H,38,41)(H,42,43);1H4. The van der Waals surface area contributed by atoms with E-state index in [-0.39, 0.29) is 36.0 Å². The molecule has 3 aromatic rings. The van der Waals surface area contributed by atoms with Crippen molar-refractivity contribution in [3.05, 3.63) is 66.5 Å². The van der Waals surface area contributed by atoms with Gasteiger partial charge >= 0.3 is 5.97 Å². The second-order valence-corrected chi connectivity index (χ2v) is 13.6. The van der Waals surface area contributed by atoms with Gasteiger partial charge in [-0.05, 0) is 37.1 Å². The first-order valence-corrected chi connectivity index (χ1v) is 18.2. The highest BCUT2D eigenvalue weighted by atomic mass is 32.2. The number of carbonyl (C=O) groups is 2. The Morgan fingerprint density at radius 2 is 1.53 bits per heavy atom. The maximum Gasteiger partial charge on any atom is 0.338 e. The number of amidine groups is 1. The minimum absolute atomic E-state index is 0. The molecule has 2 N–H and O–H groups in total. The van der Waals surface area contributed by atoms with Crippen molar-refractivity contribution >= 4 is 39.1 Å². The fourth-order valence-electron chi connectivity index (χ4n) is 5.62. The molecule has 1 aliphatic rings. The third-order valence-corrected chi connectivity index (χ3v) is 10.0. The molecular weight excluding hydrogens is 646 g/mol. The number of carboxylic acid groups (broad SMARTS) is 1. The molecular formula is C36H51N5O7S. The van der Waals surface area contributed by atoms with Crippen LogP contribution in [0.4, 0.5) is 11.4 Å². The van der Waals surface area contributed by atoms with Crippen LogP contribution in [0.5, 0.6) is 5.75 Å². The number of para-hydroxylation sites is 3. The summed E-state index contributed by atoms with van der Waals surface area (Å²) in [5, 5.41) is 16.5. The van der Waals surface area contributed by atoms with Gasteiger partial charge in [-0.1, -0.05) is 96.4 Å². The Morgan fingerprint density at radius 3 is 2.20 bits per heavy atom. The molecule has 1 aromatic heterocycles. The van der Waals surface area contributed by atoms with Crippen LogP contribution in [0.3, 0.4) is 0 Å². The number of carboxylic acids is 1. The van der Waals surface area contributed by atoms with E-state index in [4.69, 9.17) is 9.47 Å². The molecule has 2 heterocycles. The molecule has 0 saturated carbocycles. The summed E-state index contributed by atoms with van der Waals surface area (Å²) < 4.78 is 41.5.